The zero-order valence-electron chi connectivity index (χ0n) is 13.2. The molecule has 0 bridgehead atoms. The van der Waals surface area contributed by atoms with Crippen molar-refractivity contribution in [1.29, 1.82) is 0 Å². The van der Waals surface area contributed by atoms with E-state index >= 15 is 0 Å². The van der Waals surface area contributed by atoms with Crippen LogP contribution in [0, 0.1) is 0 Å². The molecular formula is C19H19N3O. The Morgan fingerprint density at radius 1 is 1.09 bits per heavy atom. The van der Waals surface area contributed by atoms with Gasteiger partial charge >= 0.3 is 0 Å². The first-order valence-electron chi connectivity index (χ1n) is 7.56. The second-order valence-corrected chi connectivity index (χ2v) is 5.93. The van der Waals surface area contributed by atoms with Crippen LogP contribution in [0.3, 0.4) is 0 Å². The van der Waals surface area contributed by atoms with Crippen molar-refractivity contribution in [2.45, 2.75) is 19.8 Å². The summed E-state index contributed by atoms with van der Waals surface area (Å²) in [7, 11) is 0. The lowest BCUT2D eigenvalue weighted by Gasteiger charge is -2.13. The van der Waals surface area contributed by atoms with E-state index in [1.165, 1.54) is 0 Å². The molecule has 4 nitrogen and oxygen atoms in total. The minimum atomic E-state index is -0.517. The summed E-state index contributed by atoms with van der Waals surface area (Å²) in [6, 6.07) is 15.5. The number of anilines is 1. The maximum Gasteiger partial charge on any atom is 0.250 e. The highest BCUT2D eigenvalue weighted by Crippen LogP contribution is 2.32. The van der Waals surface area contributed by atoms with Crippen LogP contribution in [0.2, 0.25) is 0 Å². The number of nitrogen functional groups attached to an aromatic ring is 1. The second kappa shape index (κ2) is 5.72. The van der Waals surface area contributed by atoms with Gasteiger partial charge in [0.15, 0.2) is 0 Å². The van der Waals surface area contributed by atoms with Crippen molar-refractivity contribution in [3.63, 3.8) is 0 Å². The Morgan fingerprint density at radius 3 is 2.48 bits per heavy atom. The van der Waals surface area contributed by atoms with Crippen molar-refractivity contribution in [1.82, 2.24) is 4.98 Å². The van der Waals surface area contributed by atoms with E-state index in [0.717, 1.165) is 27.7 Å². The number of aromatic nitrogens is 1. The van der Waals surface area contributed by atoms with E-state index in [4.69, 9.17) is 16.5 Å². The normalized spacial score (nSPS) is 11.1. The van der Waals surface area contributed by atoms with E-state index in [1.54, 1.807) is 12.1 Å². The molecule has 4 N–H and O–H groups in total. The van der Waals surface area contributed by atoms with Crippen LogP contribution >= 0.6 is 0 Å². The topological polar surface area (TPSA) is 82.0 Å². The van der Waals surface area contributed by atoms with Gasteiger partial charge < -0.3 is 11.5 Å². The van der Waals surface area contributed by atoms with Crippen LogP contribution in [0.5, 0.6) is 0 Å². The van der Waals surface area contributed by atoms with Crippen LogP contribution in [-0.4, -0.2) is 10.9 Å². The first kappa shape index (κ1) is 15.0. The summed E-state index contributed by atoms with van der Waals surface area (Å²) in [4.78, 5) is 16.1. The summed E-state index contributed by atoms with van der Waals surface area (Å²) in [5.41, 5.74) is 16.0. The van der Waals surface area contributed by atoms with Crippen LogP contribution in [0.25, 0.3) is 22.0 Å². The number of carbonyl (C=O) groups excluding carboxylic acids is 1. The molecule has 0 spiro atoms. The standard InChI is InChI=1S/C19H19N3O/c1-11(2)18-10-15(13-5-3-4-6-17(13)22-18)12-7-8-14(19(21)23)16(20)9-12/h3-11H,20H2,1-2H3,(H2,21,23). The Kier molecular flexibility index (Phi) is 3.74. The molecule has 0 unspecified atom stereocenters. The van der Waals surface area contributed by atoms with E-state index in [1.807, 2.05) is 30.3 Å². The molecule has 0 aliphatic carbocycles. The molecule has 0 radical (unpaired) electrons. The zero-order valence-corrected chi connectivity index (χ0v) is 13.2. The van der Waals surface area contributed by atoms with Crippen LogP contribution in [0.4, 0.5) is 5.69 Å². The van der Waals surface area contributed by atoms with Gasteiger partial charge in [-0.3, -0.25) is 9.78 Å². The minimum absolute atomic E-state index is 0.320. The van der Waals surface area contributed by atoms with Gasteiger partial charge in [-0.25, -0.2) is 0 Å². The van der Waals surface area contributed by atoms with Gasteiger partial charge in [0.1, 0.15) is 0 Å². The molecule has 3 aromatic rings. The van der Waals surface area contributed by atoms with E-state index in [-0.39, 0.29) is 0 Å². The Hall–Kier alpha value is -2.88. The fourth-order valence-electron chi connectivity index (χ4n) is 2.69. The van der Waals surface area contributed by atoms with Crippen molar-refractivity contribution in [3.05, 3.63) is 59.8 Å². The summed E-state index contributed by atoms with van der Waals surface area (Å²) in [5.74, 6) is -0.197. The van der Waals surface area contributed by atoms with Crippen LogP contribution in [0.15, 0.2) is 48.5 Å². The molecule has 0 aliphatic heterocycles. The number of primary amides is 1. The number of hydrogen-bond donors (Lipinski definition) is 2. The summed E-state index contributed by atoms with van der Waals surface area (Å²) in [6.07, 6.45) is 0. The number of amides is 1. The molecule has 0 saturated carbocycles. The molecule has 23 heavy (non-hydrogen) atoms. The highest BCUT2D eigenvalue weighted by Gasteiger charge is 2.12. The van der Waals surface area contributed by atoms with Crippen molar-refractivity contribution in [3.8, 4) is 11.1 Å². The van der Waals surface area contributed by atoms with Crippen molar-refractivity contribution in [2.24, 2.45) is 5.73 Å². The molecule has 0 aliphatic rings. The SMILES string of the molecule is CC(C)c1cc(-c2ccc(C(N)=O)c(N)c2)c2ccccc2n1. The third-order valence-corrected chi connectivity index (χ3v) is 3.96. The highest BCUT2D eigenvalue weighted by atomic mass is 16.1. The number of fused-ring (bicyclic) bond motifs is 1. The van der Waals surface area contributed by atoms with E-state index in [9.17, 15) is 4.79 Å². The molecule has 1 amide bonds. The largest absolute Gasteiger partial charge is 0.398 e. The van der Waals surface area contributed by atoms with Gasteiger partial charge in [0.2, 0.25) is 0 Å². The lowest BCUT2D eigenvalue weighted by Crippen LogP contribution is -2.13. The fraction of sp³-hybridized carbons (Fsp3) is 0.158. The number of pyridine rings is 1. The van der Waals surface area contributed by atoms with Crippen LogP contribution in [-0.2, 0) is 0 Å². The Morgan fingerprint density at radius 2 is 1.83 bits per heavy atom. The molecule has 116 valence electrons. The summed E-state index contributed by atoms with van der Waals surface area (Å²) >= 11 is 0. The maximum absolute atomic E-state index is 11.4. The molecule has 3 rings (SSSR count). The van der Waals surface area contributed by atoms with Gasteiger partial charge in [0.25, 0.3) is 5.91 Å². The number of benzene rings is 2. The quantitative estimate of drug-likeness (QED) is 0.724. The lowest BCUT2D eigenvalue weighted by molar-refractivity contribution is 0.100. The number of carbonyl (C=O) groups is 1. The van der Waals surface area contributed by atoms with Gasteiger partial charge in [-0.05, 0) is 41.3 Å². The maximum atomic E-state index is 11.4. The first-order chi connectivity index (χ1) is 11.0. The van der Waals surface area contributed by atoms with Crippen LogP contribution in [0.1, 0.15) is 35.8 Å². The molecule has 1 heterocycles. The number of para-hydroxylation sites is 1. The minimum Gasteiger partial charge on any atom is -0.398 e. The van der Waals surface area contributed by atoms with E-state index in [0.29, 0.717) is 17.2 Å². The molecule has 4 heteroatoms. The number of hydrogen-bond acceptors (Lipinski definition) is 3. The summed E-state index contributed by atoms with van der Waals surface area (Å²) < 4.78 is 0. The van der Waals surface area contributed by atoms with Gasteiger partial charge in [-0.1, -0.05) is 38.1 Å². The average Bonchev–Trinajstić information content (AvgIpc) is 2.53. The molecular weight excluding hydrogens is 286 g/mol. The number of nitrogens with zero attached hydrogens (tertiary/aromatic N) is 1. The number of nitrogens with two attached hydrogens (primary N) is 2. The Labute approximate surface area is 135 Å². The first-order valence-corrected chi connectivity index (χ1v) is 7.56. The van der Waals surface area contributed by atoms with Crippen molar-refractivity contribution in [2.75, 3.05) is 5.73 Å². The van der Waals surface area contributed by atoms with Crippen molar-refractivity contribution >= 4 is 22.5 Å². The van der Waals surface area contributed by atoms with E-state index in [2.05, 4.69) is 19.9 Å². The van der Waals surface area contributed by atoms with Crippen molar-refractivity contribution < 1.29 is 4.79 Å². The average molecular weight is 305 g/mol. The lowest BCUT2D eigenvalue weighted by atomic mass is 9.96. The monoisotopic (exact) mass is 305 g/mol. The Balaban J connectivity index is 2.26. The molecule has 0 atom stereocenters. The fourth-order valence-corrected chi connectivity index (χ4v) is 2.69. The number of rotatable bonds is 3. The van der Waals surface area contributed by atoms with Crippen LogP contribution < -0.4 is 11.5 Å². The zero-order chi connectivity index (χ0) is 16.6. The smallest absolute Gasteiger partial charge is 0.250 e. The molecule has 1 aromatic heterocycles. The molecule has 2 aromatic carbocycles. The molecule has 0 fully saturated rings. The van der Waals surface area contributed by atoms with E-state index < -0.39 is 5.91 Å². The Bertz CT molecular complexity index is 900. The van der Waals surface area contributed by atoms with Gasteiger partial charge in [0.05, 0.1) is 11.1 Å². The summed E-state index contributed by atoms with van der Waals surface area (Å²) in [6.45, 7) is 4.23. The summed E-state index contributed by atoms with van der Waals surface area (Å²) in [5, 5.41) is 1.06. The third-order valence-electron chi connectivity index (χ3n) is 3.96. The second-order valence-electron chi connectivity index (χ2n) is 5.93. The predicted molar refractivity (Wildman–Crippen MR) is 94.2 cm³/mol. The highest BCUT2D eigenvalue weighted by molar-refractivity contribution is 6.00. The molecule has 0 saturated heterocycles. The predicted octanol–water partition coefficient (Wildman–Crippen LogP) is 3.71. The van der Waals surface area contributed by atoms with Gasteiger partial charge in [0, 0.05) is 16.8 Å². The van der Waals surface area contributed by atoms with Gasteiger partial charge in [-0.15, -0.1) is 0 Å². The third kappa shape index (κ3) is 2.75. The van der Waals surface area contributed by atoms with Gasteiger partial charge in [-0.2, -0.15) is 0 Å².